The van der Waals surface area contributed by atoms with Gasteiger partial charge in [0.1, 0.15) is 0 Å². The summed E-state index contributed by atoms with van der Waals surface area (Å²) in [7, 11) is -3.20. The molecule has 0 radical (unpaired) electrons. The lowest BCUT2D eigenvalue weighted by Gasteiger charge is -2.28. The number of alkyl halides is 1. The van der Waals surface area contributed by atoms with Crippen LogP contribution >= 0.6 is 15.9 Å². The molecule has 0 aromatic rings. The second-order valence-electron chi connectivity index (χ2n) is 4.94. The molecule has 1 aliphatic heterocycles. The fourth-order valence-corrected chi connectivity index (χ4v) is 5.00. The molecule has 3 unspecified atom stereocenters. The monoisotopic (exact) mass is 325 g/mol. The van der Waals surface area contributed by atoms with Gasteiger partial charge in [-0.15, -0.1) is 0 Å². The first-order chi connectivity index (χ1) is 8.07. The molecule has 0 aromatic heterocycles. The molecule has 0 spiro atoms. The van der Waals surface area contributed by atoms with Crippen molar-refractivity contribution in [1.82, 2.24) is 4.72 Å². The van der Waals surface area contributed by atoms with Crippen LogP contribution in [0.3, 0.4) is 0 Å². The molecule has 17 heavy (non-hydrogen) atoms. The van der Waals surface area contributed by atoms with Gasteiger partial charge in [-0.25, -0.2) is 13.1 Å². The Morgan fingerprint density at radius 1 is 1.18 bits per heavy atom. The van der Waals surface area contributed by atoms with Crippen molar-refractivity contribution < 1.29 is 13.2 Å². The molecular weight excluding hydrogens is 306 g/mol. The minimum atomic E-state index is -3.20. The molecule has 1 heterocycles. The van der Waals surface area contributed by atoms with Crippen LogP contribution in [0.2, 0.25) is 0 Å². The SMILES string of the molecule is O=S(=O)(CC1CCCO1)NC1CCCCC1Br. The summed E-state index contributed by atoms with van der Waals surface area (Å²) in [5, 5.41) is 0. The van der Waals surface area contributed by atoms with Gasteiger partial charge in [-0.2, -0.15) is 0 Å². The van der Waals surface area contributed by atoms with Crippen LogP contribution in [0.1, 0.15) is 38.5 Å². The highest BCUT2D eigenvalue weighted by Gasteiger charge is 2.29. The third-order valence-electron chi connectivity index (χ3n) is 3.44. The minimum Gasteiger partial charge on any atom is -0.377 e. The zero-order valence-electron chi connectivity index (χ0n) is 9.90. The fourth-order valence-electron chi connectivity index (χ4n) is 2.52. The van der Waals surface area contributed by atoms with E-state index in [1.807, 2.05) is 0 Å². The first kappa shape index (κ1) is 13.8. The van der Waals surface area contributed by atoms with E-state index in [4.69, 9.17) is 4.74 Å². The highest BCUT2D eigenvalue weighted by molar-refractivity contribution is 9.09. The Labute approximate surface area is 112 Å². The lowest BCUT2D eigenvalue weighted by atomic mass is 9.96. The lowest BCUT2D eigenvalue weighted by molar-refractivity contribution is 0.127. The number of sulfonamides is 1. The number of hydrogen-bond acceptors (Lipinski definition) is 3. The molecule has 1 N–H and O–H groups in total. The summed E-state index contributed by atoms with van der Waals surface area (Å²) in [4.78, 5) is 0.274. The normalized spacial score (nSPS) is 35.0. The van der Waals surface area contributed by atoms with Gasteiger partial charge in [0, 0.05) is 17.5 Å². The number of halogens is 1. The Hall–Kier alpha value is 0.350. The Bertz CT molecular complexity index is 341. The summed E-state index contributed by atoms with van der Waals surface area (Å²) in [6, 6.07) is 0.0511. The van der Waals surface area contributed by atoms with Crippen LogP contribution in [0, 0.1) is 0 Å². The summed E-state index contributed by atoms with van der Waals surface area (Å²) in [6.45, 7) is 0.699. The van der Waals surface area contributed by atoms with E-state index in [2.05, 4.69) is 20.7 Å². The van der Waals surface area contributed by atoms with Gasteiger partial charge in [-0.3, -0.25) is 0 Å². The van der Waals surface area contributed by atoms with Gasteiger partial charge in [-0.1, -0.05) is 28.8 Å². The molecule has 0 aromatic carbocycles. The van der Waals surface area contributed by atoms with Gasteiger partial charge in [0.2, 0.25) is 10.0 Å². The largest absolute Gasteiger partial charge is 0.377 e. The number of nitrogens with one attached hydrogen (secondary N) is 1. The molecule has 0 amide bonds. The highest BCUT2D eigenvalue weighted by atomic mass is 79.9. The van der Waals surface area contributed by atoms with E-state index < -0.39 is 10.0 Å². The Morgan fingerprint density at radius 3 is 2.59 bits per heavy atom. The van der Waals surface area contributed by atoms with Crippen LogP contribution in [0.15, 0.2) is 0 Å². The third kappa shape index (κ3) is 4.19. The van der Waals surface area contributed by atoms with Gasteiger partial charge >= 0.3 is 0 Å². The summed E-state index contributed by atoms with van der Waals surface area (Å²) in [5.41, 5.74) is 0. The number of ether oxygens (including phenoxy) is 1. The maximum atomic E-state index is 12.0. The molecule has 1 aliphatic carbocycles. The maximum absolute atomic E-state index is 12.0. The van der Waals surface area contributed by atoms with Crippen LogP contribution in [0.5, 0.6) is 0 Å². The lowest BCUT2D eigenvalue weighted by Crippen LogP contribution is -2.45. The van der Waals surface area contributed by atoms with Crippen LogP contribution < -0.4 is 4.72 Å². The molecule has 0 bridgehead atoms. The van der Waals surface area contributed by atoms with E-state index in [1.165, 1.54) is 6.42 Å². The zero-order valence-corrected chi connectivity index (χ0v) is 12.3. The van der Waals surface area contributed by atoms with Crippen LogP contribution in [0.25, 0.3) is 0 Å². The van der Waals surface area contributed by atoms with Crippen molar-refractivity contribution in [3.8, 4) is 0 Å². The molecule has 1 saturated heterocycles. The quantitative estimate of drug-likeness (QED) is 0.802. The van der Waals surface area contributed by atoms with Crippen molar-refractivity contribution in [3.05, 3.63) is 0 Å². The van der Waals surface area contributed by atoms with Crippen LogP contribution in [-0.2, 0) is 14.8 Å². The van der Waals surface area contributed by atoms with Crippen LogP contribution in [-0.4, -0.2) is 37.8 Å². The van der Waals surface area contributed by atoms with Crippen molar-refractivity contribution in [1.29, 1.82) is 0 Å². The first-order valence-electron chi connectivity index (χ1n) is 6.32. The number of rotatable bonds is 4. The van der Waals surface area contributed by atoms with E-state index in [1.54, 1.807) is 0 Å². The summed E-state index contributed by atoms with van der Waals surface area (Å²) in [6.07, 6.45) is 6.00. The van der Waals surface area contributed by atoms with Gasteiger partial charge in [-0.05, 0) is 25.7 Å². The van der Waals surface area contributed by atoms with Gasteiger partial charge in [0.15, 0.2) is 0 Å². The average Bonchev–Trinajstić information content (AvgIpc) is 2.73. The van der Waals surface area contributed by atoms with E-state index in [0.717, 1.165) is 32.1 Å². The van der Waals surface area contributed by atoms with Gasteiger partial charge in [0.05, 0.1) is 11.9 Å². The van der Waals surface area contributed by atoms with Crippen molar-refractivity contribution in [2.75, 3.05) is 12.4 Å². The smallest absolute Gasteiger partial charge is 0.214 e. The number of hydrogen-bond donors (Lipinski definition) is 1. The van der Waals surface area contributed by atoms with Crippen molar-refractivity contribution in [2.45, 2.75) is 55.5 Å². The predicted molar refractivity (Wildman–Crippen MR) is 70.9 cm³/mol. The van der Waals surface area contributed by atoms with E-state index in [-0.39, 0.29) is 22.7 Å². The van der Waals surface area contributed by atoms with Crippen molar-refractivity contribution >= 4 is 26.0 Å². The average molecular weight is 326 g/mol. The molecule has 2 aliphatic rings. The molecule has 3 atom stereocenters. The molecule has 100 valence electrons. The summed E-state index contributed by atoms with van der Waals surface area (Å²) in [5.74, 6) is 0.114. The molecular formula is C11H20BrNO3S. The highest BCUT2D eigenvalue weighted by Crippen LogP contribution is 2.25. The second-order valence-corrected chi connectivity index (χ2v) is 7.92. The Kier molecular flexibility index (Phi) is 4.86. The molecule has 6 heteroatoms. The van der Waals surface area contributed by atoms with E-state index >= 15 is 0 Å². The minimum absolute atomic E-state index is 0.0511. The molecule has 2 fully saturated rings. The molecule has 2 rings (SSSR count). The molecule has 1 saturated carbocycles. The molecule has 4 nitrogen and oxygen atoms in total. The summed E-state index contributed by atoms with van der Waals surface area (Å²) >= 11 is 3.56. The third-order valence-corrected chi connectivity index (χ3v) is 6.01. The maximum Gasteiger partial charge on any atom is 0.214 e. The summed E-state index contributed by atoms with van der Waals surface area (Å²) < 4.78 is 32.2. The first-order valence-corrected chi connectivity index (χ1v) is 8.89. The Morgan fingerprint density at radius 2 is 1.94 bits per heavy atom. The Balaban J connectivity index is 1.87. The second kappa shape index (κ2) is 5.99. The van der Waals surface area contributed by atoms with Crippen molar-refractivity contribution in [3.63, 3.8) is 0 Å². The van der Waals surface area contributed by atoms with Gasteiger partial charge in [0.25, 0.3) is 0 Å². The predicted octanol–water partition coefficient (Wildman–Crippen LogP) is 1.79. The van der Waals surface area contributed by atoms with Crippen molar-refractivity contribution in [2.24, 2.45) is 0 Å². The standard InChI is InChI=1S/C11H20BrNO3S/c12-10-5-1-2-6-11(10)13-17(14,15)8-9-4-3-7-16-9/h9-11,13H,1-8H2. The topological polar surface area (TPSA) is 55.4 Å². The van der Waals surface area contributed by atoms with E-state index in [9.17, 15) is 8.42 Å². The zero-order chi connectivity index (χ0) is 12.3. The van der Waals surface area contributed by atoms with E-state index in [0.29, 0.717) is 6.61 Å². The van der Waals surface area contributed by atoms with Crippen LogP contribution in [0.4, 0.5) is 0 Å². The van der Waals surface area contributed by atoms with Gasteiger partial charge < -0.3 is 4.74 Å². The fraction of sp³-hybridized carbons (Fsp3) is 1.00.